The number of aldehydes is 1. The molecule has 32 heteroatoms. The summed E-state index contributed by atoms with van der Waals surface area (Å²) in [5, 5.41) is 32.1. The highest BCUT2D eigenvalue weighted by Crippen LogP contribution is 2.28. The highest BCUT2D eigenvalue weighted by atomic mass is 35.5. The number of nitrogens with zero attached hydrogens (tertiary/aromatic N) is 4. The van der Waals surface area contributed by atoms with E-state index in [4.69, 9.17) is 136 Å². The summed E-state index contributed by atoms with van der Waals surface area (Å²) >= 11 is 51.2. The number of hydrogen-bond donors (Lipinski definition) is 10. The summed E-state index contributed by atoms with van der Waals surface area (Å²) in [4.78, 5) is 86.9. The van der Waals surface area contributed by atoms with Crippen molar-refractivity contribution < 1.29 is 48.4 Å². The molecule has 0 spiro atoms. The van der Waals surface area contributed by atoms with Crippen molar-refractivity contribution >= 4 is 210 Å². The molecule has 0 unspecified atom stereocenters. The highest BCUT2D eigenvalue weighted by Gasteiger charge is 2.28. The first-order chi connectivity index (χ1) is 48.1. The topological polar surface area (TPSA) is 320 Å². The summed E-state index contributed by atoms with van der Waals surface area (Å²) < 4.78 is 5.31. The first-order valence-corrected chi connectivity index (χ1v) is 37.3. The molecule has 0 aliphatic rings. The Bertz CT molecular complexity index is 3320. The summed E-state index contributed by atoms with van der Waals surface area (Å²) in [6, 6.07) is 26.6. The molecule has 5 aromatic carbocycles. The summed E-state index contributed by atoms with van der Waals surface area (Å²) in [6.07, 6.45) is 0.00805. The van der Waals surface area contributed by atoms with Crippen LogP contribution in [0.3, 0.4) is 0 Å². The number of nitrogens with one attached hydrogen (secondary N) is 5. The van der Waals surface area contributed by atoms with Gasteiger partial charge in [-0.2, -0.15) is 0 Å². The first kappa shape index (κ1) is 95.9. The van der Waals surface area contributed by atoms with E-state index in [1.54, 1.807) is 39.0 Å². The van der Waals surface area contributed by atoms with Crippen LogP contribution < -0.4 is 63.3 Å². The predicted octanol–water partition coefficient (Wildman–Crippen LogP) is 13.1. The van der Waals surface area contributed by atoms with Crippen LogP contribution in [0, 0.1) is 34.6 Å². The highest BCUT2D eigenvalue weighted by molar-refractivity contribution is 6.46. The zero-order chi connectivity index (χ0) is 77.7. The number of halogens is 9. The molecule has 102 heavy (non-hydrogen) atoms. The number of nitrogen functional groups attached to an aromatic ring is 2. The maximum Gasteiger partial charge on any atom is 0.374 e. The van der Waals surface area contributed by atoms with Gasteiger partial charge in [-0.1, -0.05) is 30.3 Å². The molecule has 0 saturated carbocycles. The second-order valence-electron chi connectivity index (χ2n) is 23.6. The van der Waals surface area contributed by atoms with Crippen LogP contribution in [0.2, 0.25) is 6.82 Å². The van der Waals surface area contributed by atoms with Crippen LogP contribution in [0.4, 0.5) is 56.9 Å². The summed E-state index contributed by atoms with van der Waals surface area (Å²) in [6.45, 7) is 24.9. The third-order valence-electron chi connectivity index (χ3n) is 14.0. The van der Waals surface area contributed by atoms with E-state index in [1.165, 1.54) is 20.7 Å². The lowest BCUT2D eigenvalue weighted by atomic mass is 9.86. The van der Waals surface area contributed by atoms with Gasteiger partial charge in [-0.05, 0) is 151 Å². The number of carbonyl (C=O) groups is 7. The van der Waals surface area contributed by atoms with Crippen molar-refractivity contribution in [3.8, 4) is 0 Å². The molecule has 22 nitrogen and oxygen atoms in total. The SMILES string of the molecule is CB(O)N[C@@H](CC(=O)OC(C)(C)C)C(=O)Nc1cc(N(CCCl)CCCl)ccc1C.CC(=O)Nc1cc(N(CCCl)CCCl)ccc1C.CC(=O)Nc1cc(N)ccc1C.Cc1ccc(N(CCCl)CCCl)cc1N.Cc1ccc(N(CCCl)CCCl)cc1NC(=O)[C@@H](N)CC(=O)O.O=CCCl. The number of hydrogen-bond acceptors (Lipinski definition) is 17. The maximum absolute atomic E-state index is 12.9. The van der Waals surface area contributed by atoms with Crippen LogP contribution in [0.5, 0.6) is 0 Å². The van der Waals surface area contributed by atoms with Gasteiger partial charge >= 0.3 is 19.0 Å². The normalized spacial score (nSPS) is 11.0. The smallest absolute Gasteiger partial charge is 0.374 e. The Morgan fingerprint density at radius 1 is 0.500 bits per heavy atom. The molecule has 5 rings (SSSR count). The Kier molecular flexibility index (Phi) is 50.5. The van der Waals surface area contributed by atoms with E-state index < -0.39 is 54.9 Å². The number of benzene rings is 5. The third-order valence-corrected chi connectivity index (χ3v) is 15.4. The minimum absolute atomic E-state index is 0.0727. The van der Waals surface area contributed by atoms with Crippen molar-refractivity contribution in [1.29, 1.82) is 0 Å². The van der Waals surface area contributed by atoms with Gasteiger partial charge < -0.3 is 83.0 Å². The van der Waals surface area contributed by atoms with E-state index >= 15 is 0 Å². The Morgan fingerprint density at radius 2 is 0.804 bits per heavy atom. The lowest BCUT2D eigenvalue weighted by Crippen LogP contribution is -2.48. The summed E-state index contributed by atoms with van der Waals surface area (Å²) in [5.74, 6) is 1.40. The van der Waals surface area contributed by atoms with E-state index in [0.29, 0.717) is 96.6 Å². The number of ether oxygens (including phenoxy) is 1. The van der Waals surface area contributed by atoms with Crippen molar-refractivity contribution in [3.05, 3.63) is 119 Å². The van der Waals surface area contributed by atoms with Crippen LogP contribution in [0.25, 0.3) is 0 Å². The monoisotopic (exact) mass is 1600 g/mol. The number of rotatable bonds is 33. The van der Waals surface area contributed by atoms with Gasteiger partial charge in [0.2, 0.25) is 23.6 Å². The second kappa shape index (κ2) is 53.7. The van der Waals surface area contributed by atoms with Crippen LogP contribution >= 0.6 is 104 Å². The number of carboxylic acids is 1. The zero-order valence-corrected chi connectivity index (χ0v) is 66.8. The quantitative estimate of drug-likeness (QED) is 0.00613. The molecule has 0 fully saturated rings. The fourth-order valence-corrected chi connectivity index (χ4v) is 10.5. The van der Waals surface area contributed by atoms with Gasteiger partial charge in [0, 0.05) is 170 Å². The fourth-order valence-electron chi connectivity index (χ4n) is 8.89. The van der Waals surface area contributed by atoms with Gasteiger partial charge in [0.25, 0.3) is 0 Å². The zero-order valence-electron chi connectivity index (χ0n) is 60.0. The molecule has 5 aromatic rings. The van der Waals surface area contributed by atoms with Crippen LogP contribution in [0.1, 0.15) is 75.3 Å². The number of carbonyl (C=O) groups excluding carboxylic acids is 6. The van der Waals surface area contributed by atoms with Gasteiger partial charge in [0.1, 0.15) is 11.9 Å². The number of aliphatic carboxylic acids is 1. The molecule has 0 aliphatic carbocycles. The van der Waals surface area contributed by atoms with Crippen molar-refractivity contribution in [3.63, 3.8) is 0 Å². The number of amides is 4. The Hall–Kier alpha value is -6.06. The second-order valence-corrected chi connectivity index (χ2v) is 27.0. The first-order valence-electron chi connectivity index (χ1n) is 32.4. The summed E-state index contributed by atoms with van der Waals surface area (Å²) in [7, 11) is -0.974. The standard InChI is InChI=1S/C20H32BCl2N3O4.C15H21Cl2N3O3.C13H18Cl2N2O.C11H16Cl2N2.C9H12N2O.C2H3ClO/c1-14-6-7-15(26(10-8-22)11-9-23)12-16(14)24-19(28)17(25-21(5)29)13-18(27)30-20(2,3)4;1-10-2-3-11(20(6-4-16)7-5-17)8-13(10)19-15(23)12(18)9-14(21)22;1-10-3-4-12(9-13(10)16-11(2)18)17(7-5-14)8-6-15;1-9-2-3-10(8-11(9)14)15(6-4-12)7-5-13;1-6-3-4-8(10)5-9(6)11-7(2)12;3-1-2-4/h6-7,12,17,25,29H,8-11,13H2,1-5H3,(H,24,28);2-3,8,12H,4-7,9,18H2,1H3,(H,19,23)(H,21,22);3-4,9H,5-8H2,1-2H3,(H,16,18);2-3,8H,4-7,14H2,1H3;3-5H,10H2,1-2H3,(H,11,12);2H,1H2/t17-;12-;;;;/m00..../s1. The Morgan fingerprint density at radius 3 is 1.10 bits per heavy atom. The molecule has 2 atom stereocenters. The van der Waals surface area contributed by atoms with Crippen LogP contribution in [-0.2, 0) is 38.3 Å². The van der Waals surface area contributed by atoms with Crippen molar-refractivity contribution in [2.45, 2.75) is 107 Å². The molecule has 13 N–H and O–H groups in total. The average molecular weight is 1600 g/mol. The largest absolute Gasteiger partial charge is 0.481 e. The molecule has 0 heterocycles. The van der Waals surface area contributed by atoms with Crippen molar-refractivity contribution in [1.82, 2.24) is 5.23 Å². The van der Waals surface area contributed by atoms with Gasteiger partial charge in [0.15, 0.2) is 0 Å². The molecular formula is C70H102BCl9N12O10. The van der Waals surface area contributed by atoms with Gasteiger partial charge in [-0.3, -0.25) is 28.8 Å². The molecule has 0 saturated heterocycles. The van der Waals surface area contributed by atoms with Crippen molar-refractivity contribution in [2.24, 2.45) is 5.73 Å². The van der Waals surface area contributed by atoms with E-state index in [0.717, 1.165) is 93.8 Å². The number of carboxylic acid groups (broad SMARTS) is 1. The lowest BCUT2D eigenvalue weighted by molar-refractivity contribution is -0.156. The van der Waals surface area contributed by atoms with E-state index in [-0.39, 0.29) is 24.1 Å². The van der Waals surface area contributed by atoms with E-state index in [2.05, 4.69) is 36.3 Å². The molecule has 568 valence electrons. The summed E-state index contributed by atoms with van der Waals surface area (Å²) in [5.41, 5.74) is 29.3. The maximum atomic E-state index is 12.9. The minimum atomic E-state index is -1.12. The Labute approximate surface area is 648 Å². The van der Waals surface area contributed by atoms with Crippen molar-refractivity contribution in [2.75, 3.05) is 158 Å². The number of anilines is 10. The number of alkyl halides is 9. The minimum Gasteiger partial charge on any atom is -0.481 e. The Balaban J connectivity index is 0.00000127. The molecule has 4 amide bonds. The number of esters is 1. The van der Waals surface area contributed by atoms with Crippen LogP contribution in [0.15, 0.2) is 91.0 Å². The van der Waals surface area contributed by atoms with Gasteiger partial charge in [-0.25, -0.2) is 0 Å². The molecule has 0 aliphatic heterocycles. The molecule has 0 bridgehead atoms. The van der Waals surface area contributed by atoms with E-state index in [9.17, 15) is 33.8 Å². The predicted molar refractivity (Wildman–Crippen MR) is 433 cm³/mol. The number of nitrogens with two attached hydrogens (primary N) is 3. The van der Waals surface area contributed by atoms with Gasteiger partial charge in [0.05, 0.1) is 30.8 Å². The molecule has 0 aromatic heterocycles. The molecule has 0 radical (unpaired) electrons. The number of aryl methyl sites for hydroxylation is 5. The molecular weight excluding hydrogens is 1500 g/mol. The third kappa shape index (κ3) is 40.9. The average Bonchev–Trinajstić information content (AvgIpc) is 0.841. The van der Waals surface area contributed by atoms with Crippen LogP contribution in [-0.4, -0.2) is 182 Å². The van der Waals surface area contributed by atoms with Gasteiger partial charge in [-0.15, -0.1) is 104 Å². The van der Waals surface area contributed by atoms with E-state index in [1.807, 2.05) is 117 Å². The fraction of sp³-hybridized carbons (Fsp3) is 0.471. The lowest BCUT2D eigenvalue weighted by Gasteiger charge is -2.25.